The van der Waals surface area contributed by atoms with E-state index in [1.165, 1.54) is 0 Å². The first-order chi connectivity index (χ1) is 6.83. The minimum absolute atomic E-state index is 0.270. The summed E-state index contributed by atoms with van der Waals surface area (Å²) in [4.78, 5) is 4.41. The number of nitrogens with zero attached hydrogens (tertiary/aromatic N) is 2. The number of anilines is 1. The average Bonchev–Trinajstić information content (AvgIpc) is 2.27. The van der Waals surface area contributed by atoms with Crippen LogP contribution in [0.15, 0.2) is 30.3 Å². The van der Waals surface area contributed by atoms with Crippen LogP contribution in [0.4, 0.5) is 5.82 Å². The summed E-state index contributed by atoms with van der Waals surface area (Å²) < 4.78 is 3.20. The molecule has 0 spiro atoms. The number of rotatable bonds is 1. The topological polar surface area (TPSA) is 48.7 Å². The Kier molecular flexibility index (Phi) is 3.03. The number of nitrogens with one attached hydrogen (secondary N) is 1. The van der Waals surface area contributed by atoms with Crippen molar-refractivity contribution in [3.8, 4) is 6.07 Å². The number of nitriles is 1. The van der Waals surface area contributed by atoms with E-state index in [2.05, 4.69) is 11.9 Å². The van der Waals surface area contributed by atoms with Gasteiger partial charge in [0.05, 0.1) is 0 Å². The van der Waals surface area contributed by atoms with Gasteiger partial charge < -0.3 is 0 Å². The number of hydrogen-bond acceptors (Lipinski definition) is 3. The zero-order valence-electron chi connectivity index (χ0n) is 7.78. The Balaban J connectivity index is 2.64. The SMILES string of the molecule is N#Cc1ccc2nc([NH][RaH])ccc2c1. The Bertz CT molecular complexity index is 516. The number of pyridine rings is 1. The van der Waals surface area contributed by atoms with Gasteiger partial charge in [0.2, 0.25) is 0 Å². The minimum atomic E-state index is 0.270. The molecule has 2 aromatic rings. The summed E-state index contributed by atoms with van der Waals surface area (Å²) >= 11 is 0.270. The molecule has 4 heteroatoms. The first-order valence-electron chi connectivity index (χ1n) is 4.32. The van der Waals surface area contributed by atoms with Gasteiger partial charge in [0.15, 0.2) is 0 Å². The van der Waals surface area contributed by atoms with Crippen LogP contribution in [-0.2, 0) is 0 Å². The fraction of sp³-hybridized carbons (Fsp3) is 0. The zero-order valence-corrected chi connectivity index (χ0v) is 16.0. The van der Waals surface area contributed by atoms with Crippen molar-refractivity contribution in [3.63, 3.8) is 0 Å². The van der Waals surface area contributed by atoms with Crippen molar-refractivity contribution in [1.29, 1.82) is 5.26 Å². The summed E-state index contributed by atoms with van der Waals surface area (Å²) in [5, 5.41) is 9.74. The van der Waals surface area contributed by atoms with Crippen LogP contribution in [-0.4, -0.2) is 4.98 Å². The van der Waals surface area contributed by atoms with Gasteiger partial charge in [-0.3, -0.25) is 0 Å². The molecule has 0 amide bonds. The van der Waals surface area contributed by atoms with Crippen LogP contribution < -0.4 is 0.848 Å². The van der Waals surface area contributed by atoms with Crippen LogP contribution in [0, 0.1) is 54.5 Å². The van der Waals surface area contributed by atoms with Gasteiger partial charge in [0.25, 0.3) is 0 Å². The van der Waals surface area contributed by atoms with Gasteiger partial charge in [-0.15, -0.1) is 0 Å². The monoisotopic (exact) mass is 395 g/mol. The van der Waals surface area contributed by atoms with Crippen LogP contribution in [0.2, 0.25) is 0 Å². The van der Waals surface area contributed by atoms with Crippen molar-refractivity contribution in [3.05, 3.63) is 35.9 Å². The summed E-state index contributed by atoms with van der Waals surface area (Å²) in [7, 11) is 0. The summed E-state index contributed by atoms with van der Waals surface area (Å²) in [6, 6.07) is 11.6. The second kappa shape index (κ2) is 4.27. The number of hydrogen-bond donors (Lipinski definition) is 1. The van der Waals surface area contributed by atoms with E-state index in [1.807, 2.05) is 24.3 Å². The van der Waals surface area contributed by atoms with Crippen LogP contribution >= 0.6 is 0 Å². The molecule has 2 rings (SSSR count). The molecule has 0 radical (unpaired) electrons. The second-order valence-electron chi connectivity index (χ2n) is 2.97. The standard InChI is InChI=1S/C10H6N3.Ra.H/c11-6-7-1-3-9-8(5-7)2-4-10(12)13-9;;/h1-5H,(H-,12,13);;/q-1;+1;. The van der Waals surface area contributed by atoms with Crippen molar-refractivity contribution in [2.24, 2.45) is 0 Å². The molecule has 0 aliphatic carbocycles. The van der Waals surface area contributed by atoms with E-state index in [0.717, 1.165) is 16.7 Å². The number of fused-ring (bicyclic) bond motifs is 1. The molecular weight excluding hydrogens is 388 g/mol. The summed E-state index contributed by atoms with van der Waals surface area (Å²) in [6.07, 6.45) is 0. The number of aromatic nitrogens is 1. The Morgan fingerprint density at radius 2 is 2.14 bits per heavy atom. The molecule has 1 heterocycles. The molecule has 3 nitrogen and oxygen atoms in total. The second-order valence-corrected chi connectivity index (χ2v) is 5.02. The first-order valence-corrected chi connectivity index (χ1v) is 8.43. The van der Waals surface area contributed by atoms with Gasteiger partial charge >= 0.3 is 113 Å². The summed E-state index contributed by atoms with van der Waals surface area (Å²) in [6.45, 7) is 0. The maximum atomic E-state index is 8.72. The molecule has 0 saturated heterocycles. The van der Waals surface area contributed by atoms with Crippen molar-refractivity contribution in [1.82, 2.24) is 4.98 Å². The van der Waals surface area contributed by atoms with Gasteiger partial charge in [0, 0.05) is 0 Å². The molecule has 0 fully saturated rings. The van der Waals surface area contributed by atoms with Crippen molar-refractivity contribution in [2.75, 3.05) is 0.848 Å². The van der Waals surface area contributed by atoms with E-state index in [0.29, 0.717) is 5.56 Å². The van der Waals surface area contributed by atoms with Gasteiger partial charge in [-0.05, 0) is 0 Å². The molecule has 64 valence electrons. The fourth-order valence-electron chi connectivity index (χ4n) is 1.33. The first kappa shape index (κ1) is 9.92. The van der Waals surface area contributed by atoms with E-state index in [1.54, 1.807) is 6.07 Å². The number of benzene rings is 1. The van der Waals surface area contributed by atoms with Crippen molar-refractivity contribution in [2.45, 2.75) is 0 Å². The maximum absolute atomic E-state index is 8.72. The van der Waals surface area contributed by atoms with E-state index < -0.39 is 0 Å². The van der Waals surface area contributed by atoms with Crippen LogP contribution in [0.1, 0.15) is 5.56 Å². The third kappa shape index (κ3) is 1.91. The molecule has 0 aliphatic heterocycles. The molecular formula is C10H7N3Ra. The third-order valence-corrected chi connectivity index (χ3v) is 4.18. The van der Waals surface area contributed by atoms with E-state index in [9.17, 15) is 0 Å². The average molecular weight is 395 g/mol. The molecule has 1 aromatic carbocycles. The molecule has 0 aliphatic rings. The predicted octanol–water partition coefficient (Wildman–Crippen LogP) is 1.71. The molecule has 0 saturated carbocycles. The zero-order chi connectivity index (χ0) is 9.97. The Morgan fingerprint density at radius 3 is 2.86 bits per heavy atom. The van der Waals surface area contributed by atoms with Crippen LogP contribution in [0.3, 0.4) is 0 Å². The predicted molar refractivity (Wildman–Crippen MR) is 51.5 cm³/mol. The Morgan fingerprint density at radius 1 is 1.29 bits per heavy atom. The normalized spacial score (nSPS) is 9.57. The third-order valence-electron chi connectivity index (χ3n) is 2.07. The van der Waals surface area contributed by atoms with Gasteiger partial charge in [-0.25, -0.2) is 0 Å². The molecule has 1 aromatic heterocycles. The molecule has 0 atom stereocenters. The summed E-state index contributed by atoms with van der Waals surface area (Å²) in [5.41, 5.74) is 1.61. The quantitative estimate of drug-likeness (QED) is 0.800. The van der Waals surface area contributed by atoms with Gasteiger partial charge in [-0.2, -0.15) is 0 Å². The molecule has 1 N–H and O–H groups in total. The van der Waals surface area contributed by atoms with Gasteiger partial charge in [0.1, 0.15) is 0 Å². The molecule has 0 unspecified atom stereocenters. The van der Waals surface area contributed by atoms with Gasteiger partial charge in [-0.1, -0.05) is 0 Å². The molecule has 14 heavy (non-hydrogen) atoms. The van der Waals surface area contributed by atoms with E-state index >= 15 is 0 Å². The Hall–Kier alpha value is -0.612. The molecule has 0 bridgehead atoms. The Labute approximate surface area is 112 Å². The van der Waals surface area contributed by atoms with Crippen molar-refractivity contribution >= 4 is 16.7 Å². The van der Waals surface area contributed by atoms with Crippen LogP contribution in [0.25, 0.3) is 10.9 Å². The van der Waals surface area contributed by atoms with Crippen LogP contribution in [0.5, 0.6) is 0 Å². The summed E-state index contributed by atoms with van der Waals surface area (Å²) in [5.74, 6) is 0.937. The van der Waals surface area contributed by atoms with Crippen molar-refractivity contribution < 1.29 is 43.2 Å². The van der Waals surface area contributed by atoms with E-state index in [-0.39, 0.29) is 43.2 Å². The van der Waals surface area contributed by atoms with E-state index in [4.69, 9.17) is 5.26 Å². The fourth-order valence-corrected chi connectivity index (χ4v) is 2.48.